The first-order valence-electron chi connectivity index (χ1n) is 15.0. The minimum Gasteiger partial charge on any atom is -0.490 e. The zero-order chi connectivity index (χ0) is 30.4. The van der Waals surface area contributed by atoms with Crippen LogP contribution in [0.3, 0.4) is 0 Å². The number of thiophene rings is 1. The minimum absolute atomic E-state index is 0.0658. The second kappa shape index (κ2) is 13.7. The van der Waals surface area contributed by atoms with Gasteiger partial charge in [-0.3, -0.25) is 9.59 Å². The van der Waals surface area contributed by atoms with Crippen molar-refractivity contribution in [2.45, 2.75) is 47.0 Å². The van der Waals surface area contributed by atoms with E-state index >= 15 is 0 Å². The number of morpholine rings is 1. The Hall–Kier alpha value is -3.69. The predicted molar refractivity (Wildman–Crippen MR) is 171 cm³/mol. The van der Waals surface area contributed by atoms with Gasteiger partial charge < -0.3 is 24.4 Å². The van der Waals surface area contributed by atoms with Gasteiger partial charge in [-0.1, -0.05) is 39.0 Å². The molecule has 2 heterocycles. The molecule has 2 amide bonds. The van der Waals surface area contributed by atoms with E-state index in [4.69, 9.17) is 19.2 Å². The third-order valence-corrected chi connectivity index (χ3v) is 9.21. The maximum atomic E-state index is 13.6. The van der Waals surface area contributed by atoms with Crippen LogP contribution in [0.4, 0.5) is 10.7 Å². The summed E-state index contributed by atoms with van der Waals surface area (Å²) >= 11 is 1.62. The topological polar surface area (TPSA) is 89.5 Å². The summed E-state index contributed by atoms with van der Waals surface area (Å²) in [6.45, 7) is 11.4. The van der Waals surface area contributed by atoms with Crippen LogP contribution >= 0.6 is 11.3 Å². The molecule has 0 radical (unpaired) electrons. The van der Waals surface area contributed by atoms with Crippen LogP contribution in [0.5, 0.6) is 11.5 Å². The molecular weight excluding hydrogens is 562 g/mol. The summed E-state index contributed by atoms with van der Waals surface area (Å²) in [6.07, 6.45) is 4.64. The molecule has 1 aliphatic carbocycles. The Morgan fingerprint density at radius 2 is 1.86 bits per heavy atom. The lowest BCUT2D eigenvalue weighted by Crippen LogP contribution is -2.43. The van der Waals surface area contributed by atoms with Crippen molar-refractivity contribution in [1.82, 2.24) is 4.90 Å². The summed E-state index contributed by atoms with van der Waals surface area (Å²) in [5.74, 6) is 1.39. The van der Waals surface area contributed by atoms with E-state index < -0.39 is 0 Å². The molecule has 1 aromatic heterocycles. The van der Waals surface area contributed by atoms with E-state index in [0.29, 0.717) is 60.9 Å². The van der Waals surface area contributed by atoms with E-state index in [1.807, 2.05) is 49.4 Å². The van der Waals surface area contributed by atoms with E-state index in [1.165, 1.54) is 4.88 Å². The summed E-state index contributed by atoms with van der Waals surface area (Å²) in [4.78, 5) is 34.1. The number of ether oxygens (including phenoxy) is 3. The van der Waals surface area contributed by atoms with Gasteiger partial charge in [0.15, 0.2) is 18.1 Å². The fraction of sp³-hybridized carbons (Fsp3) is 0.441. The average Bonchev–Trinajstić information content (AvgIpc) is 3.38. The van der Waals surface area contributed by atoms with Crippen molar-refractivity contribution < 1.29 is 23.8 Å². The first kappa shape index (κ1) is 30.8. The van der Waals surface area contributed by atoms with Gasteiger partial charge in [0.05, 0.1) is 25.4 Å². The molecule has 1 aliphatic heterocycles. The predicted octanol–water partition coefficient (Wildman–Crippen LogP) is 6.54. The number of nitrogens with zero attached hydrogens (tertiary/aromatic N) is 2. The number of carbonyl (C=O) groups excluding carboxylic acids is 2. The van der Waals surface area contributed by atoms with Crippen molar-refractivity contribution in [1.29, 1.82) is 0 Å². The van der Waals surface area contributed by atoms with Crippen LogP contribution in [0.1, 0.15) is 60.5 Å². The second-order valence-electron chi connectivity index (χ2n) is 12.0. The Morgan fingerprint density at radius 3 is 2.58 bits per heavy atom. The van der Waals surface area contributed by atoms with Crippen LogP contribution in [-0.4, -0.2) is 62.4 Å². The Bertz CT molecular complexity index is 1450. The molecule has 3 aromatic rings. The maximum absolute atomic E-state index is 13.6. The zero-order valence-corrected chi connectivity index (χ0v) is 26.3. The molecule has 1 atom stereocenters. The molecule has 1 N–H and O–H groups in total. The van der Waals surface area contributed by atoms with Gasteiger partial charge in [0, 0.05) is 29.9 Å². The molecule has 8 nitrogen and oxygen atoms in total. The fourth-order valence-corrected chi connectivity index (χ4v) is 6.79. The molecule has 0 saturated carbocycles. The van der Waals surface area contributed by atoms with Crippen molar-refractivity contribution >= 4 is 40.1 Å². The number of carbonyl (C=O) groups is 2. The Morgan fingerprint density at radius 1 is 1.09 bits per heavy atom. The molecule has 0 bridgehead atoms. The van der Waals surface area contributed by atoms with E-state index in [-0.39, 0.29) is 23.8 Å². The van der Waals surface area contributed by atoms with Crippen LogP contribution in [-0.2, 0) is 22.4 Å². The van der Waals surface area contributed by atoms with Crippen molar-refractivity contribution in [2.24, 2.45) is 16.3 Å². The van der Waals surface area contributed by atoms with Gasteiger partial charge in [-0.2, -0.15) is 0 Å². The monoisotopic (exact) mass is 603 g/mol. The normalized spacial score (nSPS) is 17.0. The fourth-order valence-electron chi connectivity index (χ4n) is 5.52. The highest BCUT2D eigenvalue weighted by Gasteiger charge is 2.33. The number of amides is 2. The lowest BCUT2D eigenvalue weighted by Gasteiger charge is -2.33. The van der Waals surface area contributed by atoms with Crippen molar-refractivity contribution in [3.8, 4) is 11.5 Å². The molecule has 9 heteroatoms. The lowest BCUT2D eigenvalue weighted by atomic mass is 9.72. The molecule has 228 valence electrons. The van der Waals surface area contributed by atoms with Crippen LogP contribution in [0, 0.1) is 11.3 Å². The second-order valence-corrected chi connectivity index (χ2v) is 13.1. The molecule has 0 spiro atoms. The first-order valence-corrected chi connectivity index (χ1v) is 15.8. The molecule has 5 rings (SSSR count). The standard InChI is InChI=1S/C34H41N3O5S/c1-5-41-28-19-23(11-14-27(28)42-22-30(38)37-15-17-40-18-16-37)21-35-33-31(32(39)36-25-9-7-6-8-10-25)26-13-12-24(34(2,3)4)20-29(26)43-33/h6-11,14,19,21,24H,5,12-13,15-18,20,22H2,1-4H3,(H,36,39)/t24-/m1/s1. The van der Waals surface area contributed by atoms with E-state index in [0.717, 1.165) is 36.1 Å². The molecule has 0 unspecified atom stereocenters. The Kier molecular flexibility index (Phi) is 9.82. The number of hydrogen-bond acceptors (Lipinski definition) is 7. The number of aliphatic imine (C=N–C) groups is 1. The molecule has 2 aromatic carbocycles. The summed E-state index contributed by atoms with van der Waals surface area (Å²) in [5.41, 5.74) is 3.55. The zero-order valence-electron chi connectivity index (χ0n) is 25.5. The smallest absolute Gasteiger partial charge is 0.260 e. The van der Waals surface area contributed by atoms with Gasteiger partial charge in [0.1, 0.15) is 5.00 Å². The van der Waals surface area contributed by atoms with Crippen LogP contribution in [0.15, 0.2) is 53.5 Å². The summed E-state index contributed by atoms with van der Waals surface area (Å²) in [5, 5.41) is 3.78. The number of rotatable bonds is 9. The highest BCUT2D eigenvalue weighted by Crippen LogP contribution is 2.45. The Balaban J connectivity index is 1.38. The summed E-state index contributed by atoms with van der Waals surface area (Å²) in [7, 11) is 0. The van der Waals surface area contributed by atoms with Crippen LogP contribution in [0.2, 0.25) is 0 Å². The number of para-hydroxylation sites is 1. The van der Waals surface area contributed by atoms with Crippen molar-refractivity contribution in [2.75, 3.05) is 44.8 Å². The van der Waals surface area contributed by atoms with E-state index in [9.17, 15) is 9.59 Å². The molecule has 2 aliphatic rings. The van der Waals surface area contributed by atoms with Gasteiger partial charge in [-0.05, 0) is 79.0 Å². The molecule has 1 fully saturated rings. The SMILES string of the molecule is CCOc1cc(C=Nc2sc3c(c2C(=O)Nc2ccccc2)CC[C@@H](C(C)(C)C)C3)ccc1OCC(=O)N1CCOCC1. The number of fused-ring (bicyclic) bond motifs is 1. The third kappa shape index (κ3) is 7.64. The number of nitrogens with one attached hydrogen (secondary N) is 1. The van der Waals surface area contributed by atoms with Crippen LogP contribution < -0.4 is 14.8 Å². The van der Waals surface area contributed by atoms with Crippen LogP contribution in [0.25, 0.3) is 0 Å². The minimum atomic E-state index is -0.131. The van der Waals surface area contributed by atoms with Crippen molar-refractivity contribution in [3.63, 3.8) is 0 Å². The van der Waals surface area contributed by atoms with Gasteiger partial charge in [-0.25, -0.2) is 4.99 Å². The van der Waals surface area contributed by atoms with Crippen molar-refractivity contribution in [3.05, 3.63) is 70.1 Å². The van der Waals surface area contributed by atoms with E-state index in [1.54, 1.807) is 28.5 Å². The van der Waals surface area contributed by atoms with Gasteiger partial charge >= 0.3 is 0 Å². The van der Waals surface area contributed by atoms with Gasteiger partial charge in [-0.15, -0.1) is 11.3 Å². The first-order chi connectivity index (χ1) is 20.7. The largest absolute Gasteiger partial charge is 0.490 e. The Labute approximate surface area is 258 Å². The van der Waals surface area contributed by atoms with Gasteiger partial charge in [0.2, 0.25) is 0 Å². The van der Waals surface area contributed by atoms with E-state index in [2.05, 4.69) is 26.1 Å². The van der Waals surface area contributed by atoms with Gasteiger partial charge in [0.25, 0.3) is 11.8 Å². The molecule has 43 heavy (non-hydrogen) atoms. The lowest BCUT2D eigenvalue weighted by molar-refractivity contribution is -0.137. The third-order valence-electron chi connectivity index (χ3n) is 8.04. The molecule has 1 saturated heterocycles. The quantitative estimate of drug-likeness (QED) is 0.281. The molecular formula is C34H41N3O5S. The number of benzene rings is 2. The highest BCUT2D eigenvalue weighted by molar-refractivity contribution is 7.16. The highest BCUT2D eigenvalue weighted by atomic mass is 32.1. The average molecular weight is 604 g/mol. The number of anilines is 1. The summed E-state index contributed by atoms with van der Waals surface area (Å²) < 4.78 is 17.1. The summed E-state index contributed by atoms with van der Waals surface area (Å²) in [6, 6.07) is 15.1. The maximum Gasteiger partial charge on any atom is 0.260 e. The number of hydrogen-bond donors (Lipinski definition) is 1.